The molecule has 0 aliphatic carbocycles. The van der Waals surface area contributed by atoms with Gasteiger partial charge in [-0.05, 0) is 38.0 Å². The molecule has 4 heteroatoms. The van der Waals surface area contributed by atoms with Crippen LogP contribution in [0.15, 0.2) is 22.7 Å². The second-order valence-corrected chi connectivity index (χ2v) is 5.33. The summed E-state index contributed by atoms with van der Waals surface area (Å²) in [4.78, 5) is 12.7. The summed E-state index contributed by atoms with van der Waals surface area (Å²) in [5.74, 6) is -0.785. The summed E-state index contributed by atoms with van der Waals surface area (Å²) < 4.78 is 1.08. The van der Waals surface area contributed by atoms with E-state index in [2.05, 4.69) is 22.0 Å². The van der Waals surface area contributed by atoms with E-state index >= 15 is 0 Å². The fourth-order valence-corrected chi connectivity index (χ4v) is 1.88. The van der Waals surface area contributed by atoms with Gasteiger partial charge in [-0.2, -0.15) is 0 Å². The quantitative estimate of drug-likeness (QED) is 0.908. The molecule has 1 rings (SSSR count). The molecule has 1 aromatic carbocycles. The van der Waals surface area contributed by atoms with Crippen LogP contribution >= 0.6 is 15.9 Å². The first kappa shape index (κ1) is 14.2. The average Bonchev–Trinajstić information content (AvgIpc) is 2.21. The number of rotatable bonds is 5. The molecule has 0 aromatic heterocycles. The molecule has 0 heterocycles. The van der Waals surface area contributed by atoms with Crippen molar-refractivity contribution in [2.24, 2.45) is 0 Å². The molecule has 0 amide bonds. The molecule has 0 unspecified atom stereocenters. The van der Waals surface area contributed by atoms with E-state index in [1.165, 1.54) is 5.56 Å². The minimum atomic E-state index is -0.785. The second-order valence-electron chi connectivity index (χ2n) is 4.48. The lowest BCUT2D eigenvalue weighted by Gasteiger charge is -2.24. The second kappa shape index (κ2) is 6.17. The van der Waals surface area contributed by atoms with Gasteiger partial charge in [-0.1, -0.05) is 28.1 Å². The highest BCUT2D eigenvalue weighted by Crippen LogP contribution is 2.18. The maximum atomic E-state index is 10.8. The number of benzene rings is 1. The Morgan fingerprint density at radius 2 is 2.12 bits per heavy atom. The van der Waals surface area contributed by atoms with Crippen LogP contribution in [0.1, 0.15) is 25.0 Å². The molecular formula is C13H18BrNO2. The highest BCUT2D eigenvalue weighted by Gasteiger charge is 2.13. The summed E-state index contributed by atoms with van der Waals surface area (Å²) in [7, 11) is 0. The maximum absolute atomic E-state index is 10.8. The van der Waals surface area contributed by atoms with Crippen molar-refractivity contribution in [3.8, 4) is 0 Å². The van der Waals surface area contributed by atoms with Gasteiger partial charge in [0, 0.05) is 17.1 Å². The zero-order valence-electron chi connectivity index (χ0n) is 10.4. The molecule has 0 spiro atoms. The first-order chi connectivity index (χ1) is 7.90. The van der Waals surface area contributed by atoms with Gasteiger partial charge in [0.05, 0.1) is 6.54 Å². The van der Waals surface area contributed by atoms with E-state index in [9.17, 15) is 4.79 Å². The summed E-state index contributed by atoms with van der Waals surface area (Å²) in [6.07, 6.45) is 0. The number of halogens is 1. The Balaban J connectivity index is 2.78. The summed E-state index contributed by atoms with van der Waals surface area (Å²) in [6.45, 7) is 6.79. The van der Waals surface area contributed by atoms with Crippen LogP contribution in [-0.4, -0.2) is 28.6 Å². The van der Waals surface area contributed by atoms with Gasteiger partial charge in [0.2, 0.25) is 0 Å². The number of hydrogen-bond acceptors (Lipinski definition) is 2. The highest BCUT2D eigenvalue weighted by atomic mass is 79.9. The minimum absolute atomic E-state index is 0.0762. The first-order valence-electron chi connectivity index (χ1n) is 5.61. The fraction of sp³-hybridized carbons (Fsp3) is 0.462. The lowest BCUT2D eigenvalue weighted by atomic mass is 10.1. The number of aryl methyl sites for hydroxylation is 1. The Morgan fingerprint density at radius 1 is 1.47 bits per heavy atom. The molecule has 1 N–H and O–H groups in total. The third-order valence-electron chi connectivity index (χ3n) is 2.68. The standard InChI is InChI=1S/C13H18BrNO2/c1-9(2)15(8-13(16)17)7-11-4-5-12(14)10(3)6-11/h4-6,9H,7-8H2,1-3H3,(H,16,17). The van der Waals surface area contributed by atoms with Gasteiger partial charge in [-0.3, -0.25) is 9.69 Å². The zero-order chi connectivity index (χ0) is 13.0. The Bertz CT molecular complexity index is 404. The number of nitrogens with zero attached hydrogens (tertiary/aromatic N) is 1. The molecule has 0 aliphatic rings. The zero-order valence-corrected chi connectivity index (χ0v) is 12.0. The van der Waals surface area contributed by atoms with E-state index in [0.717, 1.165) is 10.0 Å². The molecular weight excluding hydrogens is 282 g/mol. The fourth-order valence-electron chi connectivity index (χ4n) is 1.63. The molecule has 0 saturated carbocycles. The SMILES string of the molecule is Cc1cc(CN(CC(=O)O)C(C)C)ccc1Br. The average molecular weight is 300 g/mol. The summed E-state index contributed by atoms with van der Waals surface area (Å²) in [5, 5.41) is 8.86. The molecule has 17 heavy (non-hydrogen) atoms. The number of aliphatic carboxylic acids is 1. The highest BCUT2D eigenvalue weighted by molar-refractivity contribution is 9.10. The van der Waals surface area contributed by atoms with Crippen molar-refractivity contribution < 1.29 is 9.90 Å². The Kier molecular flexibility index (Phi) is 5.15. The van der Waals surface area contributed by atoms with Crippen molar-refractivity contribution in [3.05, 3.63) is 33.8 Å². The molecule has 1 aromatic rings. The van der Waals surface area contributed by atoms with Crippen LogP contribution in [0.25, 0.3) is 0 Å². The molecule has 0 aliphatic heterocycles. The largest absolute Gasteiger partial charge is 0.480 e. The van der Waals surface area contributed by atoms with Crippen LogP contribution in [0.3, 0.4) is 0 Å². The monoisotopic (exact) mass is 299 g/mol. The molecule has 0 atom stereocenters. The third-order valence-corrected chi connectivity index (χ3v) is 3.57. The van der Waals surface area contributed by atoms with Gasteiger partial charge in [-0.25, -0.2) is 0 Å². The van der Waals surface area contributed by atoms with Gasteiger partial charge in [-0.15, -0.1) is 0 Å². The summed E-state index contributed by atoms with van der Waals surface area (Å²) in [5.41, 5.74) is 2.31. The van der Waals surface area contributed by atoms with E-state index in [1.807, 2.05) is 37.8 Å². The molecule has 3 nitrogen and oxygen atoms in total. The van der Waals surface area contributed by atoms with E-state index < -0.39 is 5.97 Å². The van der Waals surface area contributed by atoms with Gasteiger partial charge in [0.1, 0.15) is 0 Å². The number of carbonyl (C=O) groups is 1. The molecule has 0 bridgehead atoms. The molecule has 0 saturated heterocycles. The van der Waals surface area contributed by atoms with Gasteiger partial charge in [0.25, 0.3) is 0 Å². The van der Waals surface area contributed by atoms with E-state index in [0.29, 0.717) is 6.54 Å². The molecule has 0 radical (unpaired) electrons. The van der Waals surface area contributed by atoms with Crippen molar-refractivity contribution >= 4 is 21.9 Å². The molecule has 0 fully saturated rings. The van der Waals surface area contributed by atoms with Crippen LogP contribution in [0, 0.1) is 6.92 Å². The van der Waals surface area contributed by atoms with E-state index in [1.54, 1.807) is 0 Å². The van der Waals surface area contributed by atoms with Crippen LogP contribution in [0.4, 0.5) is 0 Å². The number of carboxylic acid groups (broad SMARTS) is 1. The molecule has 94 valence electrons. The van der Waals surface area contributed by atoms with Crippen molar-refractivity contribution in [2.45, 2.75) is 33.4 Å². The van der Waals surface area contributed by atoms with E-state index in [4.69, 9.17) is 5.11 Å². The van der Waals surface area contributed by atoms with Crippen molar-refractivity contribution in [3.63, 3.8) is 0 Å². The number of hydrogen-bond donors (Lipinski definition) is 1. The van der Waals surface area contributed by atoms with Gasteiger partial charge >= 0.3 is 5.97 Å². The summed E-state index contributed by atoms with van der Waals surface area (Å²) in [6, 6.07) is 6.33. The normalized spacial score (nSPS) is 11.2. The van der Waals surface area contributed by atoms with E-state index in [-0.39, 0.29) is 12.6 Å². The Hall–Kier alpha value is -0.870. The number of carboxylic acids is 1. The summed E-state index contributed by atoms with van der Waals surface area (Å²) >= 11 is 3.46. The third kappa shape index (κ3) is 4.48. The van der Waals surface area contributed by atoms with Crippen molar-refractivity contribution in [1.29, 1.82) is 0 Å². The lowest BCUT2D eigenvalue weighted by Crippen LogP contribution is -2.35. The smallest absolute Gasteiger partial charge is 0.317 e. The van der Waals surface area contributed by atoms with Crippen molar-refractivity contribution in [1.82, 2.24) is 4.90 Å². The van der Waals surface area contributed by atoms with Crippen LogP contribution in [-0.2, 0) is 11.3 Å². The predicted octanol–water partition coefficient (Wildman–Crippen LogP) is 3.05. The Labute approximate surface area is 111 Å². The topological polar surface area (TPSA) is 40.5 Å². The van der Waals surface area contributed by atoms with Gasteiger partial charge < -0.3 is 5.11 Å². The minimum Gasteiger partial charge on any atom is -0.480 e. The van der Waals surface area contributed by atoms with Crippen LogP contribution in [0.5, 0.6) is 0 Å². The first-order valence-corrected chi connectivity index (χ1v) is 6.40. The Morgan fingerprint density at radius 3 is 2.59 bits per heavy atom. The maximum Gasteiger partial charge on any atom is 0.317 e. The lowest BCUT2D eigenvalue weighted by molar-refractivity contribution is -0.138. The predicted molar refractivity (Wildman–Crippen MR) is 72.1 cm³/mol. The van der Waals surface area contributed by atoms with Crippen LogP contribution < -0.4 is 0 Å². The van der Waals surface area contributed by atoms with Crippen LogP contribution in [0.2, 0.25) is 0 Å². The van der Waals surface area contributed by atoms with Crippen molar-refractivity contribution in [2.75, 3.05) is 6.54 Å². The van der Waals surface area contributed by atoms with Gasteiger partial charge in [0.15, 0.2) is 0 Å².